The van der Waals surface area contributed by atoms with Crippen LogP contribution in [0, 0.1) is 0 Å². The smallest absolute Gasteiger partial charge is 0.367 e. The largest absolute Gasteiger partial charge is 1.00 e. The predicted molar refractivity (Wildman–Crippen MR) is 126 cm³/mol. The van der Waals surface area contributed by atoms with E-state index in [2.05, 4.69) is 28.2 Å². The van der Waals surface area contributed by atoms with Crippen LogP contribution >= 0.6 is 0 Å². The second kappa shape index (κ2) is 15.7. The average Bonchev–Trinajstić information content (AvgIpc) is 2.71. The molecule has 6 nitrogen and oxygen atoms in total. The molecule has 0 saturated heterocycles. The van der Waals surface area contributed by atoms with E-state index in [0.717, 1.165) is 38.8 Å². The summed E-state index contributed by atoms with van der Waals surface area (Å²) in [5, 5.41) is 0. The van der Waals surface area contributed by atoms with E-state index in [1.807, 2.05) is 36.4 Å². The van der Waals surface area contributed by atoms with Gasteiger partial charge >= 0.3 is 11.9 Å². The Morgan fingerprint density at radius 3 is 1.24 bits per heavy atom. The van der Waals surface area contributed by atoms with Gasteiger partial charge in [-0.2, -0.15) is 0 Å². The maximum atomic E-state index is 12.2. The van der Waals surface area contributed by atoms with Gasteiger partial charge in [-0.25, -0.2) is 9.59 Å². The van der Waals surface area contributed by atoms with E-state index in [0.29, 0.717) is 33.6 Å². The lowest BCUT2D eigenvalue weighted by Crippen LogP contribution is -3.00. The molecule has 0 aliphatic rings. The Balaban J connectivity index is 0.00000544. The van der Waals surface area contributed by atoms with Crippen LogP contribution in [0.15, 0.2) is 60.7 Å². The van der Waals surface area contributed by atoms with E-state index in [1.54, 1.807) is 24.3 Å². The van der Waals surface area contributed by atoms with Crippen LogP contribution in [-0.4, -0.2) is 75.3 Å². The van der Waals surface area contributed by atoms with Crippen molar-refractivity contribution in [3.8, 4) is 11.5 Å². The van der Waals surface area contributed by atoms with E-state index in [9.17, 15) is 9.59 Å². The molecule has 0 unspecified atom stereocenters. The third-order valence-electron chi connectivity index (χ3n) is 5.34. The number of benzene rings is 2. The molecule has 2 aromatic rings. The van der Waals surface area contributed by atoms with Crippen LogP contribution in [0.5, 0.6) is 11.5 Å². The number of esters is 2. The first-order valence-electron chi connectivity index (χ1n) is 11.3. The molecule has 2 aromatic carbocycles. The van der Waals surface area contributed by atoms with Crippen molar-refractivity contribution in [1.82, 2.24) is 0 Å². The molecular formula is C26H38Cl2N2O4. The molecule has 2 rings (SSSR count). The van der Waals surface area contributed by atoms with Crippen molar-refractivity contribution in [2.24, 2.45) is 0 Å². The van der Waals surface area contributed by atoms with Crippen LogP contribution in [0.1, 0.15) is 25.7 Å². The summed E-state index contributed by atoms with van der Waals surface area (Å²) < 4.78 is 12.0. The minimum atomic E-state index is -0.206. The maximum absolute atomic E-state index is 12.2. The van der Waals surface area contributed by atoms with Crippen molar-refractivity contribution < 1.29 is 52.8 Å². The highest BCUT2D eigenvalue weighted by atomic mass is 35.5. The minimum absolute atomic E-state index is 0. The Morgan fingerprint density at radius 2 is 0.912 bits per heavy atom. The first-order valence-corrected chi connectivity index (χ1v) is 11.3. The Labute approximate surface area is 216 Å². The predicted octanol–water partition coefficient (Wildman–Crippen LogP) is -2.08. The lowest BCUT2D eigenvalue weighted by Gasteiger charge is -2.29. The number of hydrogen-bond acceptors (Lipinski definition) is 4. The van der Waals surface area contributed by atoms with Crippen LogP contribution < -0.4 is 34.3 Å². The number of carbonyl (C=O) groups is 2. The van der Waals surface area contributed by atoms with Gasteiger partial charge in [-0.15, -0.1) is 0 Å². The Morgan fingerprint density at radius 1 is 0.588 bits per heavy atom. The number of likely N-dealkylation sites (N-methyl/N-ethyl adjacent to an activating group) is 2. The molecule has 34 heavy (non-hydrogen) atoms. The molecule has 0 fully saturated rings. The number of unbranched alkanes of at least 4 members (excludes halogenated alkanes) is 3. The van der Waals surface area contributed by atoms with Gasteiger partial charge in [0.05, 0.1) is 41.3 Å². The number of hydrogen-bond donors (Lipinski definition) is 0. The number of carbonyl (C=O) groups excluding carboxylic acids is 2. The van der Waals surface area contributed by atoms with E-state index in [4.69, 9.17) is 9.47 Å². The number of quaternary nitrogens is 2. The molecule has 8 heteroatoms. The monoisotopic (exact) mass is 512 g/mol. The molecule has 0 heterocycles. The number of halogens is 2. The fourth-order valence-electron chi connectivity index (χ4n) is 3.59. The zero-order valence-electron chi connectivity index (χ0n) is 20.7. The van der Waals surface area contributed by atoms with Gasteiger partial charge in [0.25, 0.3) is 0 Å². The van der Waals surface area contributed by atoms with E-state index >= 15 is 0 Å². The van der Waals surface area contributed by atoms with Crippen LogP contribution in [0.3, 0.4) is 0 Å². The molecule has 0 saturated carbocycles. The molecule has 0 radical (unpaired) electrons. The molecular weight excluding hydrogens is 475 g/mol. The normalized spacial score (nSPS) is 11.1. The second-order valence-electron chi connectivity index (χ2n) is 9.62. The topological polar surface area (TPSA) is 52.6 Å². The summed E-state index contributed by atoms with van der Waals surface area (Å²) in [6, 6.07) is 18.4. The molecule has 190 valence electrons. The lowest BCUT2D eigenvalue weighted by atomic mass is 10.1. The van der Waals surface area contributed by atoms with Crippen molar-refractivity contribution in [1.29, 1.82) is 0 Å². The quantitative estimate of drug-likeness (QED) is 0.134. The lowest BCUT2D eigenvalue weighted by molar-refractivity contribution is -0.883. The number of ether oxygens (including phenoxy) is 2. The van der Waals surface area contributed by atoms with E-state index in [-0.39, 0.29) is 36.8 Å². The van der Waals surface area contributed by atoms with Gasteiger partial charge < -0.3 is 43.3 Å². The fraction of sp³-hybridized carbons (Fsp3) is 0.462. The van der Waals surface area contributed by atoms with Crippen LogP contribution in [0.25, 0.3) is 0 Å². The molecule has 0 aliphatic heterocycles. The fourth-order valence-corrected chi connectivity index (χ4v) is 3.59. The van der Waals surface area contributed by atoms with Gasteiger partial charge in [0.15, 0.2) is 13.1 Å². The summed E-state index contributed by atoms with van der Waals surface area (Å²) in [5.41, 5.74) is 0. The van der Waals surface area contributed by atoms with Crippen molar-refractivity contribution >= 4 is 11.9 Å². The Bertz CT molecular complexity index is 775. The first kappa shape index (κ1) is 31.9. The molecule has 0 atom stereocenters. The summed E-state index contributed by atoms with van der Waals surface area (Å²) in [7, 11) is 8.24. The zero-order valence-corrected chi connectivity index (χ0v) is 22.2. The van der Waals surface area contributed by atoms with Crippen LogP contribution in [-0.2, 0) is 9.59 Å². The van der Waals surface area contributed by atoms with E-state index in [1.165, 1.54) is 0 Å². The van der Waals surface area contributed by atoms with Crippen molar-refractivity contribution in [3.63, 3.8) is 0 Å². The van der Waals surface area contributed by atoms with Crippen molar-refractivity contribution in [2.45, 2.75) is 25.7 Å². The minimum Gasteiger partial charge on any atom is -1.00 e. The third kappa shape index (κ3) is 13.6. The Kier molecular flexibility index (Phi) is 14.7. The highest BCUT2D eigenvalue weighted by molar-refractivity contribution is 5.73. The molecule has 0 aromatic heterocycles. The van der Waals surface area contributed by atoms with Gasteiger partial charge in [0.2, 0.25) is 0 Å². The summed E-state index contributed by atoms with van der Waals surface area (Å²) in [4.78, 5) is 24.4. The maximum Gasteiger partial charge on any atom is 0.367 e. The third-order valence-corrected chi connectivity index (χ3v) is 5.34. The zero-order chi connectivity index (χ0) is 23.5. The summed E-state index contributed by atoms with van der Waals surface area (Å²) >= 11 is 0. The average molecular weight is 514 g/mol. The summed E-state index contributed by atoms with van der Waals surface area (Å²) in [6.45, 7) is 2.54. The standard InChI is InChI=1S/C26H38N2O4.2ClH/c1-27(2,21-25(29)31-23-15-9-7-10-16-23)19-13-5-6-14-20-28(3,4)22-26(30)32-24-17-11-8-12-18-24;;/h7-12,15-18H,5-6,13-14,19-22H2,1-4H3;2*1H/q+2;;/p-2. The van der Waals surface area contributed by atoms with Crippen molar-refractivity contribution in [3.05, 3.63) is 60.7 Å². The highest BCUT2D eigenvalue weighted by Crippen LogP contribution is 2.13. The highest BCUT2D eigenvalue weighted by Gasteiger charge is 2.23. The van der Waals surface area contributed by atoms with Crippen LogP contribution in [0.4, 0.5) is 0 Å². The first-order chi connectivity index (χ1) is 15.2. The summed E-state index contributed by atoms with van der Waals surface area (Å²) in [5.74, 6) is 0.766. The van der Waals surface area contributed by atoms with Gasteiger partial charge in [-0.05, 0) is 49.9 Å². The van der Waals surface area contributed by atoms with E-state index < -0.39 is 0 Å². The number of nitrogens with zero attached hydrogens (tertiary/aromatic N) is 2. The van der Waals surface area contributed by atoms with Crippen molar-refractivity contribution in [2.75, 3.05) is 54.4 Å². The Hall–Kier alpha value is -2.12. The molecule has 0 spiro atoms. The summed E-state index contributed by atoms with van der Waals surface area (Å²) in [6.07, 6.45) is 4.30. The van der Waals surface area contributed by atoms with Crippen LogP contribution in [0.2, 0.25) is 0 Å². The SMILES string of the molecule is C[N+](C)(CCCCCC[N+](C)(C)CC(=O)Oc1ccccc1)CC(=O)Oc1ccccc1.[Cl-].[Cl-]. The molecule has 0 aliphatic carbocycles. The second-order valence-corrected chi connectivity index (χ2v) is 9.62. The molecule has 0 bridgehead atoms. The molecule has 0 amide bonds. The number of para-hydroxylation sites is 2. The number of rotatable bonds is 13. The van der Waals surface area contributed by atoms with Gasteiger partial charge in [-0.3, -0.25) is 0 Å². The van der Waals surface area contributed by atoms with Gasteiger partial charge in [0.1, 0.15) is 11.5 Å². The molecule has 0 N–H and O–H groups in total. The van der Waals surface area contributed by atoms with Gasteiger partial charge in [0, 0.05) is 0 Å². The van der Waals surface area contributed by atoms with Gasteiger partial charge in [-0.1, -0.05) is 36.4 Å².